The Hall–Kier alpha value is -3.06. The summed E-state index contributed by atoms with van der Waals surface area (Å²) in [6.45, 7) is 11.3. The molecule has 7 nitrogen and oxygen atoms in total. The number of nitrogens with zero attached hydrogens (tertiary/aromatic N) is 1. The number of benzene rings is 1. The normalized spacial score (nSPS) is 11.5. The van der Waals surface area contributed by atoms with Crippen LogP contribution in [0.2, 0.25) is 5.15 Å². The fourth-order valence-electron chi connectivity index (χ4n) is 3.28. The van der Waals surface area contributed by atoms with Crippen molar-refractivity contribution in [3.05, 3.63) is 46.1 Å². The number of pyridine rings is 1. The zero-order chi connectivity index (χ0) is 23.6. The van der Waals surface area contributed by atoms with E-state index in [1.165, 1.54) is 0 Å². The summed E-state index contributed by atoms with van der Waals surface area (Å²) in [4.78, 5) is 30.3. The van der Waals surface area contributed by atoms with Gasteiger partial charge in [-0.15, -0.1) is 0 Å². The van der Waals surface area contributed by atoms with Crippen LogP contribution >= 0.6 is 11.6 Å². The molecule has 0 spiro atoms. The average molecular weight is 459 g/mol. The van der Waals surface area contributed by atoms with Gasteiger partial charge in [-0.2, -0.15) is 0 Å². The van der Waals surface area contributed by atoms with Gasteiger partial charge in [0.05, 0.1) is 24.3 Å². The van der Waals surface area contributed by atoms with E-state index in [4.69, 9.17) is 25.5 Å². The van der Waals surface area contributed by atoms with Crippen molar-refractivity contribution in [1.82, 2.24) is 4.98 Å². The van der Waals surface area contributed by atoms with Crippen molar-refractivity contribution in [3.63, 3.8) is 0 Å². The van der Waals surface area contributed by atoms with E-state index in [0.29, 0.717) is 11.1 Å². The molecule has 0 aliphatic carbocycles. The maximum atomic E-state index is 13.0. The Kier molecular flexibility index (Phi) is 6.79. The molecule has 0 amide bonds. The predicted molar refractivity (Wildman–Crippen MR) is 124 cm³/mol. The molecule has 0 radical (unpaired) electrons. The lowest BCUT2D eigenvalue weighted by atomic mass is 10.0. The molecular formula is C24H27ClN2O5. The lowest BCUT2D eigenvalue weighted by molar-refractivity contribution is 0.0481. The average Bonchev–Trinajstić information content (AvgIpc) is 3.05. The molecule has 8 heteroatoms. The van der Waals surface area contributed by atoms with Gasteiger partial charge in [0.1, 0.15) is 16.3 Å². The number of fused-ring (bicyclic) bond motifs is 1. The summed E-state index contributed by atoms with van der Waals surface area (Å²) in [7, 11) is 0. The molecule has 0 aliphatic heterocycles. The van der Waals surface area contributed by atoms with Crippen molar-refractivity contribution in [1.29, 1.82) is 0 Å². The molecule has 1 N–H and O–H groups in total. The van der Waals surface area contributed by atoms with E-state index in [-0.39, 0.29) is 41.1 Å². The first-order valence-electron chi connectivity index (χ1n) is 10.4. The Morgan fingerprint density at radius 1 is 1.06 bits per heavy atom. The summed E-state index contributed by atoms with van der Waals surface area (Å²) in [5.74, 6) is -1.21. The lowest BCUT2D eigenvalue weighted by Crippen LogP contribution is -2.27. The van der Waals surface area contributed by atoms with Crippen LogP contribution < -0.4 is 5.32 Å². The standard InChI is InChI=1S/C24H27ClN2O5/c1-7-30-22(28)17-18(23(29)31-8-2)21(27-24(4,5)6)32-19(17)15-12-14-11-13(3)9-10-16(14)26-20(15)25/h9-12,27H,7-8H2,1-6H3. The zero-order valence-electron chi connectivity index (χ0n) is 19.1. The Labute approximate surface area is 192 Å². The molecule has 2 aromatic heterocycles. The minimum absolute atomic E-state index is 0.0318. The first-order valence-corrected chi connectivity index (χ1v) is 10.8. The van der Waals surface area contributed by atoms with Gasteiger partial charge in [-0.05, 0) is 59.7 Å². The van der Waals surface area contributed by atoms with E-state index in [9.17, 15) is 9.59 Å². The van der Waals surface area contributed by atoms with E-state index in [1.807, 2.05) is 45.9 Å². The van der Waals surface area contributed by atoms with E-state index in [2.05, 4.69) is 10.3 Å². The lowest BCUT2D eigenvalue weighted by Gasteiger charge is -2.20. The first-order chi connectivity index (χ1) is 15.1. The van der Waals surface area contributed by atoms with Gasteiger partial charge in [-0.3, -0.25) is 0 Å². The number of anilines is 1. The number of esters is 2. The van der Waals surface area contributed by atoms with Gasteiger partial charge in [0.15, 0.2) is 5.76 Å². The quantitative estimate of drug-likeness (QED) is 0.356. The highest BCUT2D eigenvalue weighted by Crippen LogP contribution is 2.40. The van der Waals surface area contributed by atoms with Crippen molar-refractivity contribution < 1.29 is 23.5 Å². The largest absolute Gasteiger partial charge is 0.462 e. The first kappa shape index (κ1) is 23.6. The van der Waals surface area contributed by atoms with Gasteiger partial charge in [-0.1, -0.05) is 23.2 Å². The fourth-order valence-corrected chi connectivity index (χ4v) is 3.51. The SMILES string of the molecule is CCOC(=O)c1c(NC(C)(C)C)oc(-c2cc3cc(C)ccc3nc2Cl)c1C(=O)OCC. The summed E-state index contributed by atoms with van der Waals surface area (Å²) in [6, 6.07) is 7.54. The second-order valence-electron chi connectivity index (χ2n) is 8.35. The molecule has 0 fully saturated rings. The molecule has 170 valence electrons. The fraction of sp³-hybridized carbons (Fsp3) is 0.375. The van der Waals surface area contributed by atoms with Crippen LogP contribution in [0.3, 0.4) is 0 Å². The predicted octanol–water partition coefficient (Wildman–Crippen LogP) is 6.02. The number of hydrogen-bond acceptors (Lipinski definition) is 7. The number of carbonyl (C=O) groups excluding carboxylic acids is 2. The van der Waals surface area contributed by atoms with Crippen molar-refractivity contribution in [2.24, 2.45) is 0 Å². The van der Waals surface area contributed by atoms with Crippen LogP contribution in [-0.4, -0.2) is 35.7 Å². The molecule has 0 bridgehead atoms. The van der Waals surface area contributed by atoms with Crippen LogP contribution in [0.1, 0.15) is 60.9 Å². The van der Waals surface area contributed by atoms with Gasteiger partial charge in [0.2, 0.25) is 5.88 Å². The summed E-state index contributed by atoms with van der Waals surface area (Å²) in [5.41, 5.74) is 1.57. The van der Waals surface area contributed by atoms with Gasteiger partial charge in [0, 0.05) is 10.9 Å². The number of carbonyl (C=O) groups is 2. The number of ether oxygens (including phenoxy) is 2. The third kappa shape index (κ3) is 4.88. The van der Waals surface area contributed by atoms with Crippen molar-refractivity contribution in [2.45, 2.75) is 47.1 Å². The van der Waals surface area contributed by atoms with Crippen LogP contribution in [0.15, 0.2) is 28.7 Å². The van der Waals surface area contributed by atoms with E-state index < -0.39 is 17.5 Å². The van der Waals surface area contributed by atoms with Crippen molar-refractivity contribution >= 4 is 40.3 Å². The minimum atomic E-state index is -0.711. The van der Waals surface area contributed by atoms with Crippen LogP contribution in [0.4, 0.5) is 5.88 Å². The van der Waals surface area contributed by atoms with Crippen molar-refractivity contribution in [3.8, 4) is 11.3 Å². The monoisotopic (exact) mass is 458 g/mol. The van der Waals surface area contributed by atoms with Crippen LogP contribution in [0.5, 0.6) is 0 Å². The van der Waals surface area contributed by atoms with E-state index in [0.717, 1.165) is 10.9 Å². The van der Waals surface area contributed by atoms with Crippen LogP contribution in [0.25, 0.3) is 22.2 Å². The number of nitrogens with one attached hydrogen (secondary N) is 1. The summed E-state index contributed by atoms with van der Waals surface area (Å²) in [6.07, 6.45) is 0. The zero-order valence-corrected chi connectivity index (χ0v) is 19.8. The van der Waals surface area contributed by atoms with E-state index in [1.54, 1.807) is 19.9 Å². The number of furan rings is 1. The molecule has 3 aromatic rings. The third-order valence-corrected chi connectivity index (χ3v) is 4.81. The maximum Gasteiger partial charge on any atom is 0.344 e. The number of hydrogen-bond donors (Lipinski definition) is 1. The van der Waals surface area contributed by atoms with Gasteiger partial charge in [-0.25, -0.2) is 14.6 Å². The Balaban J connectivity index is 2.34. The second-order valence-corrected chi connectivity index (χ2v) is 8.71. The molecule has 0 saturated heterocycles. The molecule has 0 saturated carbocycles. The number of rotatable bonds is 6. The third-order valence-electron chi connectivity index (χ3n) is 4.52. The molecule has 1 aromatic carbocycles. The summed E-state index contributed by atoms with van der Waals surface area (Å²) < 4.78 is 16.5. The van der Waals surface area contributed by atoms with E-state index >= 15 is 0 Å². The molecule has 0 aliphatic rings. The smallest absolute Gasteiger partial charge is 0.344 e. The topological polar surface area (TPSA) is 90.7 Å². The minimum Gasteiger partial charge on any atom is -0.462 e. The van der Waals surface area contributed by atoms with Crippen LogP contribution in [-0.2, 0) is 9.47 Å². The van der Waals surface area contributed by atoms with Crippen molar-refractivity contribution in [2.75, 3.05) is 18.5 Å². The summed E-state index contributed by atoms with van der Waals surface area (Å²) in [5, 5.41) is 4.10. The summed E-state index contributed by atoms with van der Waals surface area (Å²) >= 11 is 6.51. The maximum absolute atomic E-state index is 13.0. The molecule has 3 rings (SSSR count). The molecule has 32 heavy (non-hydrogen) atoms. The van der Waals surface area contributed by atoms with Gasteiger partial charge < -0.3 is 19.2 Å². The number of aryl methyl sites for hydroxylation is 1. The molecule has 0 atom stereocenters. The number of aromatic nitrogens is 1. The highest BCUT2D eigenvalue weighted by Gasteiger charge is 2.35. The highest BCUT2D eigenvalue weighted by atomic mass is 35.5. The van der Waals surface area contributed by atoms with Gasteiger partial charge >= 0.3 is 11.9 Å². The molecule has 2 heterocycles. The Morgan fingerprint density at radius 3 is 2.28 bits per heavy atom. The Morgan fingerprint density at radius 2 is 1.69 bits per heavy atom. The molecule has 0 unspecified atom stereocenters. The van der Waals surface area contributed by atoms with Crippen LogP contribution in [0, 0.1) is 6.92 Å². The molecular weight excluding hydrogens is 432 g/mol. The van der Waals surface area contributed by atoms with Gasteiger partial charge in [0.25, 0.3) is 0 Å². The number of halogens is 1. The second kappa shape index (κ2) is 9.20. The Bertz CT molecular complexity index is 1180. The highest BCUT2D eigenvalue weighted by molar-refractivity contribution is 6.33.